The van der Waals surface area contributed by atoms with Gasteiger partial charge in [-0.2, -0.15) is 0 Å². The Balaban J connectivity index is 2.95. The minimum absolute atomic E-state index is 0.152. The quantitative estimate of drug-likeness (QED) is 0.810. The number of aliphatic hydroxyl groups excluding tert-OH is 1. The SMILES string of the molecule is COc1cc(C)c(Cl)cc1SCCO. The molecule has 14 heavy (non-hydrogen) atoms. The van der Waals surface area contributed by atoms with E-state index in [4.69, 9.17) is 21.4 Å². The van der Waals surface area contributed by atoms with Gasteiger partial charge in [-0.3, -0.25) is 0 Å². The molecule has 0 aliphatic rings. The van der Waals surface area contributed by atoms with E-state index in [2.05, 4.69) is 0 Å². The smallest absolute Gasteiger partial charge is 0.132 e. The van der Waals surface area contributed by atoms with Crippen LogP contribution in [-0.4, -0.2) is 24.6 Å². The zero-order valence-corrected chi connectivity index (χ0v) is 9.78. The van der Waals surface area contributed by atoms with Gasteiger partial charge in [-0.1, -0.05) is 11.6 Å². The highest BCUT2D eigenvalue weighted by Crippen LogP contribution is 2.33. The van der Waals surface area contributed by atoms with Gasteiger partial charge in [0.1, 0.15) is 5.75 Å². The van der Waals surface area contributed by atoms with Crippen molar-refractivity contribution >= 4 is 23.4 Å². The lowest BCUT2D eigenvalue weighted by Crippen LogP contribution is -1.91. The van der Waals surface area contributed by atoms with Crippen LogP contribution in [0.1, 0.15) is 5.56 Å². The number of hydrogen-bond donors (Lipinski definition) is 1. The molecule has 0 fully saturated rings. The average Bonchev–Trinajstić information content (AvgIpc) is 2.19. The van der Waals surface area contributed by atoms with Crippen LogP contribution in [0.5, 0.6) is 5.75 Å². The van der Waals surface area contributed by atoms with Crippen molar-refractivity contribution in [2.75, 3.05) is 19.5 Å². The number of methoxy groups -OCH3 is 1. The predicted molar refractivity (Wildman–Crippen MR) is 60.6 cm³/mol. The number of aliphatic hydroxyl groups is 1. The van der Waals surface area contributed by atoms with Crippen LogP contribution in [0.4, 0.5) is 0 Å². The van der Waals surface area contributed by atoms with Gasteiger partial charge in [0.15, 0.2) is 0 Å². The highest BCUT2D eigenvalue weighted by Gasteiger charge is 2.06. The number of benzene rings is 1. The fourth-order valence-electron chi connectivity index (χ4n) is 1.06. The highest BCUT2D eigenvalue weighted by molar-refractivity contribution is 7.99. The molecule has 0 saturated heterocycles. The van der Waals surface area contributed by atoms with Crippen LogP contribution in [0.15, 0.2) is 17.0 Å². The Kier molecular flexibility index (Phi) is 4.58. The van der Waals surface area contributed by atoms with Crippen molar-refractivity contribution in [1.82, 2.24) is 0 Å². The van der Waals surface area contributed by atoms with E-state index in [1.807, 2.05) is 19.1 Å². The summed E-state index contributed by atoms with van der Waals surface area (Å²) in [5, 5.41) is 9.45. The van der Waals surface area contributed by atoms with Crippen molar-refractivity contribution in [2.45, 2.75) is 11.8 Å². The molecule has 1 aromatic carbocycles. The van der Waals surface area contributed by atoms with Crippen molar-refractivity contribution in [3.05, 3.63) is 22.7 Å². The van der Waals surface area contributed by atoms with E-state index in [1.165, 1.54) is 11.8 Å². The van der Waals surface area contributed by atoms with Gasteiger partial charge in [-0.25, -0.2) is 0 Å². The Labute approximate surface area is 93.2 Å². The van der Waals surface area contributed by atoms with Crippen LogP contribution in [-0.2, 0) is 0 Å². The Morgan fingerprint density at radius 1 is 1.50 bits per heavy atom. The standard InChI is InChI=1S/C10H13ClO2S/c1-7-5-9(13-2)10(6-8(7)11)14-4-3-12/h5-6,12H,3-4H2,1-2H3. The van der Waals surface area contributed by atoms with Crippen molar-refractivity contribution in [3.63, 3.8) is 0 Å². The molecule has 0 spiro atoms. The molecular formula is C10H13ClO2S. The predicted octanol–water partition coefficient (Wildman–Crippen LogP) is 2.74. The fourth-order valence-corrected chi connectivity index (χ4v) is 2.09. The third-order valence-electron chi connectivity index (χ3n) is 1.79. The molecule has 0 aliphatic heterocycles. The van der Waals surface area contributed by atoms with Crippen LogP contribution in [0, 0.1) is 6.92 Å². The Morgan fingerprint density at radius 3 is 2.79 bits per heavy atom. The number of halogens is 1. The molecule has 0 unspecified atom stereocenters. The molecule has 0 heterocycles. The number of ether oxygens (including phenoxy) is 1. The van der Waals surface area contributed by atoms with Gasteiger partial charge in [0.2, 0.25) is 0 Å². The van der Waals surface area contributed by atoms with Gasteiger partial charge in [0.25, 0.3) is 0 Å². The summed E-state index contributed by atoms with van der Waals surface area (Å²) >= 11 is 7.53. The third kappa shape index (κ3) is 2.80. The van der Waals surface area contributed by atoms with E-state index in [0.29, 0.717) is 5.75 Å². The van der Waals surface area contributed by atoms with Crippen molar-refractivity contribution in [3.8, 4) is 5.75 Å². The molecule has 78 valence electrons. The molecule has 1 N–H and O–H groups in total. The lowest BCUT2D eigenvalue weighted by molar-refractivity contribution is 0.322. The minimum atomic E-state index is 0.152. The monoisotopic (exact) mass is 232 g/mol. The maximum atomic E-state index is 8.72. The zero-order valence-electron chi connectivity index (χ0n) is 8.21. The molecule has 0 radical (unpaired) electrons. The highest BCUT2D eigenvalue weighted by atomic mass is 35.5. The van der Waals surface area contributed by atoms with E-state index >= 15 is 0 Å². The largest absolute Gasteiger partial charge is 0.496 e. The molecule has 4 heteroatoms. The average molecular weight is 233 g/mol. The Hall–Kier alpha value is -0.380. The Morgan fingerprint density at radius 2 is 2.21 bits per heavy atom. The topological polar surface area (TPSA) is 29.5 Å². The molecule has 2 nitrogen and oxygen atoms in total. The zero-order chi connectivity index (χ0) is 10.6. The van der Waals surface area contributed by atoms with Crippen LogP contribution in [0.2, 0.25) is 5.02 Å². The number of hydrogen-bond acceptors (Lipinski definition) is 3. The second-order valence-electron chi connectivity index (χ2n) is 2.82. The van der Waals surface area contributed by atoms with Gasteiger partial charge in [-0.05, 0) is 24.6 Å². The first kappa shape index (κ1) is 11.7. The maximum Gasteiger partial charge on any atom is 0.132 e. The maximum absolute atomic E-state index is 8.72. The third-order valence-corrected chi connectivity index (χ3v) is 3.22. The van der Waals surface area contributed by atoms with E-state index in [9.17, 15) is 0 Å². The lowest BCUT2D eigenvalue weighted by atomic mass is 10.2. The van der Waals surface area contributed by atoms with Gasteiger partial charge in [0.05, 0.1) is 18.6 Å². The molecule has 0 bridgehead atoms. The second kappa shape index (κ2) is 5.49. The van der Waals surface area contributed by atoms with Crippen LogP contribution >= 0.6 is 23.4 Å². The molecule has 1 aromatic rings. The van der Waals surface area contributed by atoms with Crippen molar-refractivity contribution in [1.29, 1.82) is 0 Å². The van der Waals surface area contributed by atoms with E-state index in [-0.39, 0.29) is 6.61 Å². The summed E-state index contributed by atoms with van der Waals surface area (Å²) in [6, 6.07) is 3.78. The summed E-state index contributed by atoms with van der Waals surface area (Å²) < 4.78 is 5.22. The summed E-state index contributed by atoms with van der Waals surface area (Å²) in [6.45, 7) is 2.09. The molecular weight excluding hydrogens is 220 g/mol. The molecule has 0 amide bonds. The summed E-state index contributed by atoms with van der Waals surface area (Å²) in [5.41, 5.74) is 0.997. The van der Waals surface area contributed by atoms with Gasteiger partial charge in [-0.15, -0.1) is 11.8 Å². The van der Waals surface area contributed by atoms with Crippen molar-refractivity contribution < 1.29 is 9.84 Å². The van der Waals surface area contributed by atoms with E-state index in [0.717, 1.165) is 21.2 Å². The minimum Gasteiger partial charge on any atom is -0.496 e. The summed E-state index contributed by atoms with van der Waals surface area (Å²) in [6.07, 6.45) is 0. The van der Waals surface area contributed by atoms with E-state index < -0.39 is 0 Å². The first-order valence-corrected chi connectivity index (χ1v) is 5.63. The van der Waals surface area contributed by atoms with E-state index in [1.54, 1.807) is 7.11 Å². The van der Waals surface area contributed by atoms with Gasteiger partial charge < -0.3 is 9.84 Å². The second-order valence-corrected chi connectivity index (χ2v) is 4.37. The molecule has 0 atom stereocenters. The Bertz CT molecular complexity index is 315. The number of aryl methyl sites for hydroxylation is 1. The fraction of sp³-hybridized carbons (Fsp3) is 0.400. The first-order valence-electron chi connectivity index (χ1n) is 4.27. The summed E-state index contributed by atoms with van der Waals surface area (Å²) in [4.78, 5) is 0.970. The normalized spacial score (nSPS) is 10.3. The van der Waals surface area contributed by atoms with Crippen LogP contribution < -0.4 is 4.74 Å². The van der Waals surface area contributed by atoms with Gasteiger partial charge in [0, 0.05) is 10.8 Å². The number of thioether (sulfide) groups is 1. The van der Waals surface area contributed by atoms with Gasteiger partial charge >= 0.3 is 0 Å². The van der Waals surface area contributed by atoms with Crippen molar-refractivity contribution in [2.24, 2.45) is 0 Å². The number of rotatable bonds is 4. The summed E-state index contributed by atoms with van der Waals surface area (Å²) in [7, 11) is 1.63. The first-order chi connectivity index (χ1) is 6.69. The molecule has 0 aliphatic carbocycles. The molecule has 1 rings (SSSR count). The molecule has 0 saturated carbocycles. The lowest BCUT2D eigenvalue weighted by Gasteiger charge is -2.09. The van der Waals surface area contributed by atoms with Crippen LogP contribution in [0.25, 0.3) is 0 Å². The van der Waals surface area contributed by atoms with Crippen LogP contribution in [0.3, 0.4) is 0 Å². The molecule has 0 aromatic heterocycles. The summed E-state index contributed by atoms with van der Waals surface area (Å²) in [5.74, 6) is 1.46.